The van der Waals surface area contributed by atoms with E-state index >= 15 is 0 Å². The molecule has 4 atom stereocenters. The van der Waals surface area contributed by atoms with Gasteiger partial charge in [-0.3, -0.25) is 0 Å². The smallest absolute Gasteiger partial charge is 0.137 e. The second kappa shape index (κ2) is 7.37. The molecule has 6 N–H and O–H groups in total. The van der Waals surface area contributed by atoms with Gasteiger partial charge in [0.1, 0.15) is 29.9 Å². The van der Waals surface area contributed by atoms with Crippen LogP contribution in [0.3, 0.4) is 0 Å². The van der Waals surface area contributed by atoms with Crippen molar-refractivity contribution in [2.45, 2.75) is 43.9 Å². The van der Waals surface area contributed by atoms with E-state index in [9.17, 15) is 10.2 Å². The number of aryl methyl sites for hydroxylation is 1. The van der Waals surface area contributed by atoms with Crippen molar-refractivity contribution in [1.29, 1.82) is 0 Å². The second-order valence-electron chi connectivity index (χ2n) is 8.35. The average molecular weight is 406 g/mol. The fraction of sp³-hybridized carbons (Fsp3) is 0.409. The molecule has 1 aliphatic carbocycles. The fourth-order valence-electron chi connectivity index (χ4n) is 4.95. The minimum absolute atomic E-state index is 0.0118. The highest BCUT2D eigenvalue weighted by atomic mass is 16.3. The topological polar surface area (TPSA) is 134 Å². The number of anilines is 3. The summed E-state index contributed by atoms with van der Waals surface area (Å²) in [5.41, 5.74) is 14.8. The molecule has 0 spiro atoms. The first-order valence-corrected chi connectivity index (χ1v) is 10.4. The highest BCUT2D eigenvalue weighted by Gasteiger charge is 2.45. The molecule has 2 aliphatic rings. The normalized spacial score (nSPS) is 25.7. The van der Waals surface area contributed by atoms with Gasteiger partial charge in [-0.1, -0.05) is 12.1 Å². The number of nitrogen functional groups attached to an aromatic ring is 2. The molecule has 1 aliphatic heterocycles. The molecule has 0 radical (unpaired) electrons. The standard InChI is InChI=1S/C22H26N6O2/c23-18-6-5-13-3-1-12(9-16(13)27-18)2-4-14-10-17(20(30)19(14)29)28-8-7-15-21(24)25-11-26-22(15)28/h1,3,5-6,9,11,14,17,19-20,29-30H,2,4,7-8,10H2,(H2,23,27)(H2,24,25,26)/t14-,17-,19+,20-/m0/s1. The Kier molecular flexibility index (Phi) is 4.67. The van der Waals surface area contributed by atoms with Gasteiger partial charge in [0.25, 0.3) is 0 Å². The van der Waals surface area contributed by atoms with Crippen molar-refractivity contribution in [3.8, 4) is 0 Å². The van der Waals surface area contributed by atoms with Crippen LogP contribution in [0.5, 0.6) is 0 Å². The molecule has 3 aromatic rings. The monoisotopic (exact) mass is 406 g/mol. The number of hydrogen-bond acceptors (Lipinski definition) is 8. The third kappa shape index (κ3) is 3.22. The molecule has 1 saturated carbocycles. The fourth-order valence-corrected chi connectivity index (χ4v) is 4.95. The first-order chi connectivity index (χ1) is 14.5. The molecule has 5 rings (SSSR count). The maximum absolute atomic E-state index is 10.8. The third-order valence-corrected chi connectivity index (χ3v) is 6.58. The van der Waals surface area contributed by atoms with Gasteiger partial charge in [0, 0.05) is 17.5 Å². The Morgan fingerprint density at radius 1 is 1.07 bits per heavy atom. The summed E-state index contributed by atoms with van der Waals surface area (Å²) in [7, 11) is 0. The molecule has 30 heavy (non-hydrogen) atoms. The van der Waals surface area contributed by atoms with E-state index in [0.717, 1.165) is 53.7 Å². The number of rotatable bonds is 4. The molecule has 156 valence electrons. The lowest BCUT2D eigenvalue weighted by atomic mass is 9.95. The summed E-state index contributed by atoms with van der Waals surface area (Å²) in [6.07, 6.45) is 2.96. The average Bonchev–Trinajstić information content (AvgIpc) is 3.29. The van der Waals surface area contributed by atoms with Crippen LogP contribution in [0, 0.1) is 5.92 Å². The van der Waals surface area contributed by atoms with E-state index in [0.29, 0.717) is 18.1 Å². The number of nitrogens with zero attached hydrogens (tertiary/aromatic N) is 4. The van der Waals surface area contributed by atoms with Crippen LogP contribution in [0.25, 0.3) is 10.9 Å². The van der Waals surface area contributed by atoms with Crippen LogP contribution in [0.1, 0.15) is 24.0 Å². The van der Waals surface area contributed by atoms with E-state index < -0.39 is 12.2 Å². The minimum atomic E-state index is -0.810. The van der Waals surface area contributed by atoms with Crippen LogP contribution in [0.4, 0.5) is 17.5 Å². The molecule has 8 heteroatoms. The molecule has 3 heterocycles. The highest BCUT2D eigenvalue weighted by Crippen LogP contribution is 2.39. The predicted molar refractivity (Wildman–Crippen MR) is 116 cm³/mol. The number of hydrogen-bond donors (Lipinski definition) is 4. The van der Waals surface area contributed by atoms with Crippen molar-refractivity contribution >= 4 is 28.4 Å². The molecule has 2 aromatic heterocycles. The summed E-state index contributed by atoms with van der Waals surface area (Å²) in [5, 5.41) is 22.5. The molecule has 0 amide bonds. The molecule has 1 aromatic carbocycles. The second-order valence-corrected chi connectivity index (χ2v) is 8.35. The number of aliphatic hydroxyl groups excluding tert-OH is 2. The Morgan fingerprint density at radius 3 is 2.77 bits per heavy atom. The minimum Gasteiger partial charge on any atom is -0.390 e. The van der Waals surface area contributed by atoms with Gasteiger partial charge >= 0.3 is 0 Å². The highest BCUT2D eigenvalue weighted by molar-refractivity contribution is 5.80. The van der Waals surface area contributed by atoms with Crippen molar-refractivity contribution in [3.05, 3.63) is 47.8 Å². The van der Waals surface area contributed by atoms with Crippen LogP contribution in [0.2, 0.25) is 0 Å². The maximum Gasteiger partial charge on any atom is 0.137 e. The van der Waals surface area contributed by atoms with Crippen LogP contribution >= 0.6 is 0 Å². The van der Waals surface area contributed by atoms with Crippen molar-refractivity contribution in [2.75, 3.05) is 22.9 Å². The van der Waals surface area contributed by atoms with Crippen LogP contribution in [-0.4, -0.2) is 50.0 Å². The van der Waals surface area contributed by atoms with Crippen LogP contribution in [0.15, 0.2) is 36.7 Å². The van der Waals surface area contributed by atoms with Crippen molar-refractivity contribution in [1.82, 2.24) is 15.0 Å². The SMILES string of the molecule is Nc1ccc2ccc(CC[C@H]3C[C@H](N4CCc5c(N)ncnc54)[C@H](O)[C@@H]3O)cc2n1. The Labute approximate surface area is 174 Å². The lowest BCUT2D eigenvalue weighted by Gasteiger charge is -2.28. The third-order valence-electron chi connectivity index (χ3n) is 6.58. The Balaban J connectivity index is 1.30. The molecule has 0 saturated heterocycles. The molecular formula is C22H26N6O2. The van der Waals surface area contributed by atoms with Crippen molar-refractivity contribution in [2.24, 2.45) is 5.92 Å². The zero-order valence-corrected chi connectivity index (χ0v) is 16.6. The van der Waals surface area contributed by atoms with Gasteiger partial charge in [0.15, 0.2) is 0 Å². The number of aromatic nitrogens is 3. The maximum atomic E-state index is 10.8. The number of fused-ring (bicyclic) bond motifs is 2. The summed E-state index contributed by atoms with van der Waals surface area (Å²) in [6, 6.07) is 9.79. The van der Waals surface area contributed by atoms with Gasteiger partial charge < -0.3 is 26.6 Å². The summed E-state index contributed by atoms with van der Waals surface area (Å²) >= 11 is 0. The Morgan fingerprint density at radius 2 is 1.90 bits per heavy atom. The Hall–Kier alpha value is -2.97. The molecule has 0 bridgehead atoms. The van der Waals surface area contributed by atoms with Crippen LogP contribution < -0.4 is 16.4 Å². The summed E-state index contributed by atoms with van der Waals surface area (Å²) in [6.45, 7) is 0.733. The van der Waals surface area contributed by atoms with Gasteiger partial charge in [-0.05, 0) is 55.4 Å². The van der Waals surface area contributed by atoms with E-state index in [1.54, 1.807) is 6.07 Å². The van der Waals surface area contributed by atoms with E-state index in [2.05, 4.69) is 32.0 Å². The first kappa shape index (κ1) is 19.0. The first-order valence-electron chi connectivity index (χ1n) is 10.4. The van der Waals surface area contributed by atoms with E-state index in [1.807, 2.05) is 12.1 Å². The van der Waals surface area contributed by atoms with E-state index in [1.165, 1.54) is 6.33 Å². The number of pyridine rings is 1. The molecule has 8 nitrogen and oxygen atoms in total. The van der Waals surface area contributed by atoms with Gasteiger partial charge in [0.05, 0.1) is 17.7 Å². The summed E-state index contributed by atoms with van der Waals surface area (Å²) in [4.78, 5) is 14.9. The van der Waals surface area contributed by atoms with Gasteiger partial charge in [0.2, 0.25) is 0 Å². The quantitative estimate of drug-likeness (QED) is 0.509. The Bertz CT molecular complexity index is 1090. The van der Waals surface area contributed by atoms with E-state index in [-0.39, 0.29) is 12.0 Å². The van der Waals surface area contributed by atoms with Crippen LogP contribution in [-0.2, 0) is 12.8 Å². The van der Waals surface area contributed by atoms with Crippen molar-refractivity contribution in [3.63, 3.8) is 0 Å². The van der Waals surface area contributed by atoms with Gasteiger partial charge in [-0.15, -0.1) is 0 Å². The largest absolute Gasteiger partial charge is 0.390 e. The van der Waals surface area contributed by atoms with Crippen molar-refractivity contribution < 1.29 is 10.2 Å². The molecule has 0 unspecified atom stereocenters. The van der Waals surface area contributed by atoms with Gasteiger partial charge in [-0.2, -0.15) is 0 Å². The zero-order chi connectivity index (χ0) is 20.8. The number of nitrogens with two attached hydrogens (primary N) is 2. The lowest BCUT2D eigenvalue weighted by Crippen LogP contribution is -2.43. The predicted octanol–water partition coefficient (Wildman–Crippen LogP) is 1.29. The van der Waals surface area contributed by atoms with Gasteiger partial charge in [-0.25, -0.2) is 15.0 Å². The summed E-state index contributed by atoms with van der Waals surface area (Å²) < 4.78 is 0. The number of aliphatic hydroxyl groups is 2. The van der Waals surface area contributed by atoms with E-state index in [4.69, 9.17) is 11.5 Å². The lowest BCUT2D eigenvalue weighted by molar-refractivity contribution is 0.0131. The summed E-state index contributed by atoms with van der Waals surface area (Å²) in [5.74, 6) is 1.81. The molecule has 1 fully saturated rings. The zero-order valence-electron chi connectivity index (χ0n) is 16.6. The number of benzene rings is 1. The molecular weight excluding hydrogens is 380 g/mol.